The van der Waals surface area contributed by atoms with Crippen molar-refractivity contribution >= 4 is 32.8 Å². The maximum atomic E-state index is 13.4. The summed E-state index contributed by atoms with van der Waals surface area (Å²) in [6.07, 6.45) is 2.17. The van der Waals surface area contributed by atoms with Crippen molar-refractivity contribution in [3.63, 3.8) is 0 Å². The normalized spacial score (nSPS) is 22.8. The minimum absolute atomic E-state index is 0.0965. The molecule has 2 aliphatic heterocycles. The molecular formula is C22H21FN4O4S. The van der Waals surface area contributed by atoms with E-state index in [0.29, 0.717) is 12.1 Å². The van der Waals surface area contributed by atoms with Gasteiger partial charge in [-0.1, -0.05) is 19.1 Å². The van der Waals surface area contributed by atoms with Gasteiger partial charge in [-0.15, -0.1) is 4.91 Å². The average molecular weight is 456 g/mol. The van der Waals surface area contributed by atoms with Gasteiger partial charge >= 0.3 is 0 Å². The number of hydrogen-bond acceptors (Lipinski definition) is 7. The minimum atomic E-state index is -3.03. The van der Waals surface area contributed by atoms with Gasteiger partial charge in [0.1, 0.15) is 22.8 Å². The highest BCUT2D eigenvalue weighted by molar-refractivity contribution is 7.93. The predicted octanol–water partition coefficient (Wildman–Crippen LogP) is 4.75. The number of rotatable bonds is 5. The van der Waals surface area contributed by atoms with Gasteiger partial charge in [-0.05, 0) is 47.5 Å². The van der Waals surface area contributed by atoms with Crippen LogP contribution in [0.3, 0.4) is 0 Å². The van der Waals surface area contributed by atoms with Crippen molar-refractivity contribution in [1.82, 2.24) is 4.90 Å². The molecule has 4 rings (SSSR count). The van der Waals surface area contributed by atoms with E-state index < -0.39 is 15.6 Å². The topological polar surface area (TPSA) is 112 Å². The van der Waals surface area contributed by atoms with E-state index in [9.17, 15) is 23.4 Å². The number of amidine groups is 1. The zero-order valence-electron chi connectivity index (χ0n) is 17.5. The minimum Gasteiger partial charge on any atom is -0.511 e. The van der Waals surface area contributed by atoms with Crippen molar-refractivity contribution in [2.75, 3.05) is 6.26 Å². The first kappa shape index (κ1) is 21.8. The number of carbonyl (C=O) groups is 1. The molecule has 0 aromatic heterocycles. The quantitative estimate of drug-likeness (QED) is 0.655. The van der Waals surface area contributed by atoms with Crippen LogP contribution in [-0.2, 0) is 21.1 Å². The third kappa shape index (κ3) is 3.93. The Kier molecular flexibility index (Phi) is 5.64. The molecule has 10 heteroatoms. The average Bonchev–Trinajstić information content (AvgIpc) is 2.76. The SMILES string of the molecule is CC[C@H]1CC(O)=C(C2=Nc3ccc(N=O)cc3S(C)(=O)=N2)C(=O)N1Cc1ccc(F)cc1. The fourth-order valence-corrected chi connectivity index (χ4v) is 5.25. The predicted molar refractivity (Wildman–Crippen MR) is 119 cm³/mol. The molecule has 1 unspecified atom stereocenters. The van der Waals surface area contributed by atoms with Crippen LogP contribution < -0.4 is 0 Å². The monoisotopic (exact) mass is 456 g/mol. The van der Waals surface area contributed by atoms with Gasteiger partial charge in [0.15, 0.2) is 5.84 Å². The molecule has 2 aliphatic rings. The fraction of sp³-hybridized carbons (Fsp3) is 0.273. The molecule has 8 nitrogen and oxygen atoms in total. The molecule has 2 aromatic rings. The summed E-state index contributed by atoms with van der Waals surface area (Å²) in [5.41, 5.74) is 1.03. The van der Waals surface area contributed by atoms with Gasteiger partial charge in [0.25, 0.3) is 5.91 Å². The lowest BCUT2D eigenvalue weighted by Crippen LogP contribution is -2.45. The summed E-state index contributed by atoms with van der Waals surface area (Å²) in [5.74, 6) is -1.14. The maximum Gasteiger partial charge on any atom is 0.261 e. The van der Waals surface area contributed by atoms with E-state index in [1.54, 1.807) is 17.0 Å². The zero-order chi connectivity index (χ0) is 23.0. The first-order valence-corrected chi connectivity index (χ1v) is 11.9. The van der Waals surface area contributed by atoms with Crippen LogP contribution in [-0.4, -0.2) is 38.3 Å². The van der Waals surface area contributed by atoms with Gasteiger partial charge in [0.05, 0.1) is 20.3 Å². The number of halogens is 1. The van der Waals surface area contributed by atoms with Crippen molar-refractivity contribution < 1.29 is 18.5 Å². The number of aliphatic imine (C=N–C) groups is 1. The largest absolute Gasteiger partial charge is 0.511 e. The van der Waals surface area contributed by atoms with Gasteiger partial charge in [0.2, 0.25) is 0 Å². The summed E-state index contributed by atoms with van der Waals surface area (Å²) in [4.78, 5) is 30.5. The van der Waals surface area contributed by atoms with E-state index in [1.807, 2.05) is 6.92 Å². The van der Waals surface area contributed by atoms with Crippen LogP contribution in [0.25, 0.3) is 0 Å². The Morgan fingerprint density at radius 3 is 2.62 bits per heavy atom. The fourth-order valence-electron chi connectivity index (χ4n) is 3.85. The second-order valence-corrected chi connectivity index (χ2v) is 9.95. The molecule has 0 spiro atoms. The first-order valence-electron chi connectivity index (χ1n) is 9.99. The number of amides is 1. The first-order chi connectivity index (χ1) is 15.2. The lowest BCUT2D eigenvalue weighted by molar-refractivity contribution is -0.131. The third-order valence-corrected chi connectivity index (χ3v) is 7.20. The summed E-state index contributed by atoms with van der Waals surface area (Å²) >= 11 is 0. The van der Waals surface area contributed by atoms with Crippen molar-refractivity contribution in [2.45, 2.75) is 37.2 Å². The number of nitroso groups, excluding NO2 is 1. The van der Waals surface area contributed by atoms with E-state index in [2.05, 4.69) is 14.5 Å². The smallest absolute Gasteiger partial charge is 0.261 e. The second kappa shape index (κ2) is 8.27. The highest BCUT2D eigenvalue weighted by Crippen LogP contribution is 2.36. The summed E-state index contributed by atoms with van der Waals surface area (Å²) in [6, 6.07) is 9.86. The van der Waals surface area contributed by atoms with E-state index in [1.165, 1.54) is 36.6 Å². The van der Waals surface area contributed by atoms with Gasteiger partial charge < -0.3 is 10.0 Å². The Morgan fingerprint density at radius 1 is 1.25 bits per heavy atom. The Balaban J connectivity index is 1.76. The van der Waals surface area contributed by atoms with Crippen LogP contribution >= 0.6 is 0 Å². The summed E-state index contributed by atoms with van der Waals surface area (Å²) < 4.78 is 30.7. The number of aliphatic hydroxyl groups is 1. The Bertz CT molecular complexity index is 1290. The summed E-state index contributed by atoms with van der Waals surface area (Å²) in [7, 11) is -3.03. The van der Waals surface area contributed by atoms with E-state index in [-0.39, 0.29) is 52.6 Å². The molecule has 0 saturated carbocycles. The Labute approximate surface area is 184 Å². The van der Waals surface area contributed by atoms with Gasteiger partial charge in [0, 0.05) is 25.3 Å². The van der Waals surface area contributed by atoms with Crippen LogP contribution in [0.2, 0.25) is 0 Å². The highest BCUT2D eigenvalue weighted by atomic mass is 32.2. The van der Waals surface area contributed by atoms with Crippen molar-refractivity contribution in [2.24, 2.45) is 14.5 Å². The number of carbonyl (C=O) groups excluding carboxylic acids is 1. The number of fused-ring (bicyclic) bond motifs is 1. The number of hydrogen-bond donors (Lipinski definition) is 1. The van der Waals surface area contributed by atoms with Gasteiger partial charge in [-0.2, -0.15) is 4.36 Å². The lowest BCUT2D eigenvalue weighted by Gasteiger charge is -2.36. The van der Waals surface area contributed by atoms with Crippen LogP contribution in [0.5, 0.6) is 0 Å². The summed E-state index contributed by atoms with van der Waals surface area (Å²) in [6.45, 7) is 2.12. The molecule has 1 N–H and O–H groups in total. The van der Waals surface area contributed by atoms with Crippen molar-refractivity contribution in [1.29, 1.82) is 0 Å². The molecule has 32 heavy (non-hydrogen) atoms. The standard InChI is InChI=1S/C22H21FN4O4S/c1-3-16-11-18(28)20(22(29)27(16)12-13-4-6-14(23)7-5-13)21-24-17-9-8-15(25-30)10-19(17)32(2,31)26-21/h4-10,16,28H,3,11-12H2,1-2H3/t16-,32?/m0/s1. The Hall–Kier alpha value is -3.40. The number of aliphatic hydroxyl groups excluding tert-OH is 1. The van der Waals surface area contributed by atoms with Crippen LogP contribution in [0.1, 0.15) is 25.3 Å². The number of benzene rings is 2. The van der Waals surface area contributed by atoms with Crippen molar-refractivity contribution in [3.05, 3.63) is 70.1 Å². The number of nitrogens with zero attached hydrogens (tertiary/aromatic N) is 4. The molecule has 0 fully saturated rings. The maximum absolute atomic E-state index is 13.4. The lowest BCUT2D eigenvalue weighted by atomic mass is 9.96. The molecule has 2 atom stereocenters. The van der Waals surface area contributed by atoms with Crippen LogP contribution in [0.4, 0.5) is 15.8 Å². The zero-order valence-corrected chi connectivity index (χ0v) is 18.3. The molecule has 0 aliphatic carbocycles. The molecular weight excluding hydrogens is 435 g/mol. The molecule has 2 heterocycles. The molecule has 0 bridgehead atoms. The van der Waals surface area contributed by atoms with Crippen LogP contribution in [0.15, 0.2) is 73.2 Å². The highest BCUT2D eigenvalue weighted by Gasteiger charge is 2.37. The molecule has 0 radical (unpaired) electrons. The second-order valence-electron chi connectivity index (χ2n) is 7.72. The van der Waals surface area contributed by atoms with Gasteiger partial charge in [-0.25, -0.2) is 13.6 Å². The van der Waals surface area contributed by atoms with Gasteiger partial charge in [-0.3, -0.25) is 4.79 Å². The van der Waals surface area contributed by atoms with E-state index >= 15 is 0 Å². The van der Waals surface area contributed by atoms with Crippen LogP contribution in [0, 0.1) is 10.7 Å². The summed E-state index contributed by atoms with van der Waals surface area (Å²) in [5, 5.41) is 13.6. The molecule has 2 aromatic carbocycles. The molecule has 166 valence electrons. The molecule has 0 saturated heterocycles. The Morgan fingerprint density at radius 2 is 1.97 bits per heavy atom. The third-order valence-electron chi connectivity index (χ3n) is 5.54. The van der Waals surface area contributed by atoms with Crippen molar-refractivity contribution in [3.8, 4) is 0 Å². The molecule has 1 amide bonds. The van der Waals surface area contributed by atoms with E-state index in [0.717, 1.165) is 5.56 Å². The van der Waals surface area contributed by atoms with E-state index in [4.69, 9.17) is 0 Å².